The van der Waals surface area contributed by atoms with Gasteiger partial charge in [-0.3, -0.25) is 10.1 Å². The molecule has 0 aliphatic carbocycles. The van der Waals surface area contributed by atoms with Crippen LogP contribution in [0.2, 0.25) is 0 Å². The van der Waals surface area contributed by atoms with Crippen LogP contribution >= 0.6 is 0 Å². The van der Waals surface area contributed by atoms with E-state index in [9.17, 15) is 10.1 Å². The average molecular weight is 284 g/mol. The van der Waals surface area contributed by atoms with Crippen molar-refractivity contribution in [3.05, 3.63) is 63.7 Å². The monoisotopic (exact) mass is 284 g/mol. The first-order valence-electron chi connectivity index (χ1n) is 6.21. The van der Waals surface area contributed by atoms with Crippen LogP contribution in [0, 0.1) is 21.4 Å². The first-order valence-corrected chi connectivity index (χ1v) is 6.21. The Hall–Kier alpha value is -2.91. The molecule has 0 saturated heterocycles. The molecule has 6 heteroatoms. The molecule has 1 N–H and O–H groups in total. The largest absolute Gasteiger partial charge is 0.450 e. The van der Waals surface area contributed by atoms with Gasteiger partial charge in [-0.05, 0) is 30.2 Å². The lowest BCUT2D eigenvalue weighted by Gasteiger charge is -2.10. The van der Waals surface area contributed by atoms with Crippen LogP contribution in [-0.2, 0) is 6.42 Å². The summed E-state index contributed by atoms with van der Waals surface area (Å²) in [6, 6.07) is 12.9. The molecular formula is C15H12N2O4. The number of ether oxygens (including phenoxy) is 1. The molecule has 0 aromatic heterocycles. The van der Waals surface area contributed by atoms with E-state index < -0.39 is 4.92 Å². The number of nitro groups is 1. The van der Waals surface area contributed by atoms with Crippen molar-refractivity contribution >= 4 is 5.69 Å². The van der Waals surface area contributed by atoms with Gasteiger partial charge in [-0.1, -0.05) is 18.2 Å². The van der Waals surface area contributed by atoms with Crippen molar-refractivity contribution in [2.45, 2.75) is 6.42 Å². The lowest BCUT2D eigenvalue weighted by molar-refractivity contribution is -0.385. The molecule has 0 heterocycles. The molecule has 0 aliphatic rings. The van der Waals surface area contributed by atoms with Crippen molar-refractivity contribution < 1.29 is 14.8 Å². The number of hydrogen-bond donors (Lipinski definition) is 1. The number of aliphatic hydroxyl groups excluding tert-OH is 1. The first kappa shape index (κ1) is 14.5. The minimum atomic E-state index is -0.592. The summed E-state index contributed by atoms with van der Waals surface area (Å²) < 4.78 is 5.59. The second kappa shape index (κ2) is 6.50. The Morgan fingerprint density at radius 1 is 1.24 bits per heavy atom. The summed E-state index contributed by atoms with van der Waals surface area (Å²) in [5, 5.41) is 28.9. The van der Waals surface area contributed by atoms with E-state index in [2.05, 4.69) is 0 Å². The summed E-state index contributed by atoms with van der Waals surface area (Å²) in [6.45, 7) is -0.0458. The van der Waals surface area contributed by atoms with Crippen molar-refractivity contribution in [3.8, 4) is 17.6 Å². The van der Waals surface area contributed by atoms with Gasteiger partial charge in [0, 0.05) is 12.7 Å². The predicted octanol–water partition coefficient (Wildman–Crippen LogP) is 2.79. The minimum Gasteiger partial charge on any atom is -0.450 e. The molecule has 2 aromatic rings. The summed E-state index contributed by atoms with van der Waals surface area (Å²) >= 11 is 0. The second-order valence-electron chi connectivity index (χ2n) is 4.23. The summed E-state index contributed by atoms with van der Waals surface area (Å²) in [6.07, 6.45) is 0.389. The number of nitro benzene ring substituents is 1. The lowest BCUT2D eigenvalue weighted by Crippen LogP contribution is -1.98. The quantitative estimate of drug-likeness (QED) is 0.672. The molecule has 21 heavy (non-hydrogen) atoms. The molecule has 0 spiro atoms. The Balaban J connectivity index is 2.40. The fourth-order valence-electron chi connectivity index (χ4n) is 1.86. The summed E-state index contributed by atoms with van der Waals surface area (Å²) in [7, 11) is 0. The maximum Gasteiger partial charge on any atom is 0.312 e. The van der Waals surface area contributed by atoms with Gasteiger partial charge in [0.1, 0.15) is 5.75 Å². The molecule has 0 radical (unpaired) electrons. The number of rotatable bonds is 5. The highest BCUT2D eigenvalue weighted by atomic mass is 16.6. The molecule has 0 aliphatic heterocycles. The van der Waals surface area contributed by atoms with Gasteiger partial charge < -0.3 is 9.84 Å². The van der Waals surface area contributed by atoms with Gasteiger partial charge in [0.2, 0.25) is 5.75 Å². The molecule has 6 nitrogen and oxygen atoms in total. The van der Waals surface area contributed by atoms with E-state index in [0.29, 0.717) is 12.2 Å². The zero-order chi connectivity index (χ0) is 15.2. The van der Waals surface area contributed by atoms with Gasteiger partial charge in [0.15, 0.2) is 0 Å². The number of nitriles is 1. The van der Waals surface area contributed by atoms with E-state index in [1.807, 2.05) is 6.07 Å². The van der Waals surface area contributed by atoms with E-state index in [4.69, 9.17) is 15.1 Å². The van der Waals surface area contributed by atoms with E-state index in [1.54, 1.807) is 24.3 Å². The van der Waals surface area contributed by atoms with Crippen LogP contribution in [-0.4, -0.2) is 16.6 Å². The van der Waals surface area contributed by atoms with Crippen molar-refractivity contribution in [1.82, 2.24) is 0 Å². The topological polar surface area (TPSA) is 96.4 Å². The second-order valence-corrected chi connectivity index (χ2v) is 4.23. The third-order valence-electron chi connectivity index (χ3n) is 2.86. The number of benzene rings is 2. The third-order valence-corrected chi connectivity index (χ3v) is 2.86. The predicted molar refractivity (Wildman–Crippen MR) is 75.1 cm³/mol. The van der Waals surface area contributed by atoms with Gasteiger partial charge in [-0.2, -0.15) is 5.26 Å². The molecule has 2 rings (SSSR count). The lowest BCUT2D eigenvalue weighted by atomic mass is 10.1. The highest BCUT2D eigenvalue weighted by Gasteiger charge is 2.17. The number of hydrogen-bond acceptors (Lipinski definition) is 5. The number of aliphatic hydroxyl groups is 1. The van der Waals surface area contributed by atoms with Crippen LogP contribution in [0.4, 0.5) is 5.69 Å². The highest BCUT2D eigenvalue weighted by molar-refractivity contribution is 5.53. The van der Waals surface area contributed by atoms with Gasteiger partial charge >= 0.3 is 5.69 Å². The van der Waals surface area contributed by atoms with Crippen LogP contribution < -0.4 is 4.74 Å². The molecule has 106 valence electrons. The zero-order valence-corrected chi connectivity index (χ0v) is 11.0. The van der Waals surface area contributed by atoms with Gasteiger partial charge in [0.05, 0.1) is 16.6 Å². The van der Waals surface area contributed by atoms with Crippen LogP contribution in [0.25, 0.3) is 0 Å². The van der Waals surface area contributed by atoms with Crippen molar-refractivity contribution in [2.75, 3.05) is 6.61 Å². The molecule has 0 amide bonds. The maximum atomic E-state index is 11.1. The normalized spacial score (nSPS) is 9.90. The first-order chi connectivity index (χ1) is 10.2. The number of para-hydroxylation sites is 1. The SMILES string of the molecule is N#Cc1ccc(Oc2ccccc2CCO)c([N+](=O)[O-])c1. The Morgan fingerprint density at radius 3 is 2.67 bits per heavy atom. The molecule has 2 aromatic carbocycles. The summed E-state index contributed by atoms with van der Waals surface area (Å²) in [4.78, 5) is 10.5. The molecule has 0 bridgehead atoms. The molecule has 0 unspecified atom stereocenters. The Bertz CT molecular complexity index is 707. The van der Waals surface area contributed by atoms with Gasteiger partial charge in [-0.15, -0.1) is 0 Å². The van der Waals surface area contributed by atoms with Crippen molar-refractivity contribution in [2.24, 2.45) is 0 Å². The average Bonchev–Trinajstić information content (AvgIpc) is 2.49. The Morgan fingerprint density at radius 2 is 2.00 bits per heavy atom. The van der Waals surface area contributed by atoms with Crippen LogP contribution in [0.15, 0.2) is 42.5 Å². The standard InChI is InChI=1S/C15H12N2O4/c16-10-11-5-6-15(13(9-11)17(19)20)21-14-4-2-1-3-12(14)7-8-18/h1-6,9,18H,7-8H2. The smallest absolute Gasteiger partial charge is 0.312 e. The van der Waals surface area contributed by atoms with Crippen molar-refractivity contribution in [1.29, 1.82) is 5.26 Å². The van der Waals surface area contributed by atoms with E-state index in [-0.39, 0.29) is 23.6 Å². The van der Waals surface area contributed by atoms with Crippen molar-refractivity contribution in [3.63, 3.8) is 0 Å². The third kappa shape index (κ3) is 3.35. The van der Waals surface area contributed by atoms with Crippen LogP contribution in [0.5, 0.6) is 11.5 Å². The van der Waals surface area contributed by atoms with Gasteiger partial charge in [-0.25, -0.2) is 0 Å². The molecule has 0 fully saturated rings. The maximum absolute atomic E-state index is 11.1. The van der Waals surface area contributed by atoms with E-state index in [0.717, 1.165) is 5.56 Å². The summed E-state index contributed by atoms with van der Waals surface area (Å²) in [5.74, 6) is 0.503. The fraction of sp³-hybridized carbons (Fsp3) is 0.133. The van der Waals surface area contributed by atoms with E-state index in [1.165, 1.54) is 18.2 Å². The summed E-state index contributed by atoms with van der Waals surface area (Å²) in [5.41, 5.74) is 0.671. The van der Waals surface area contributed by atoms with Crippen LogP contribution in [0.3, 0.4) is 0 Å². The minimum absolute atomic E-state index is 0.0458. The fourth-order valence-corrected chi connectivity index (χ4v) is 1.86. The van der Waals surface area contributed by atoms with E-state index >= 15 is 0 Å². The highest BCUT2D eigenvalue weighted by Crippen LogP contribution is 2.33. The Labute approximate surface area is 121 Å². The number of nitrogens with zero attached hydrogens (tertiary/aromatic N) is 2. The molecule has 0 saturated carbocycles. The molecular weight excluding hydrogens is 272 g/mol. The Kier molecular flexibility index (Phi) is 4.49. The molecule has 0 atom stereocenters. The van der Waals surface area contributed by atoms with Crippen LogP contribution in [0.1, 0.15) is 11.1 Å². The zero-order valence-electron chi connectivity index (χ0n) is 11.0. The van der Waals surface area contributed by atoms with Gasteiger partial charge in [0.25, 0.3) is 0 Å².